The van der Waals surface area contributed by atoms with E-state index in [0.29, 0.717) is 36.8 Å². The lowest BCUT2D eigenvalue weighted by atomic mass is 10.2. The van der Waals surface area contributed by atoms with Crippen LogP contribution in [0.4, 0.5) is 14.5 Å². The molecule has 0 aliphatic rings. The van der Waals surface area contributed by atoms with E-state index in [1.54, 1.807) is 6.07 Å². The summed E-state index contributed by atoms with van der Waals surface area (Å²) in [5, 5.41) is 2.64. The van der Waals surface area contributed by atoms with Crippen molar-refractivity contribution in [3.05, 3.63) is 47.5 Å². The van der Waals surface area contributed by atoms with Gasteiger partial charge in [0.1, 0.15) is 5.75 Å². The Morgan fingerprint density at radius 2 is 1.81 bits per heavy atom. The maximum Gasteiger partial charge on any atom is 0.387 e. The first-order valence-corrected chi connectivity index (χ1v) is 8.76. The predicted molar refractivity (Wildman–Crippen MR) is 99.1 cm³/mol. The standard InChI is InChI=1S/C19H20ClF2NO4/c1-2-25-16-6-3-4-7-17(16)26-11-5-8-18(24)23-13-9-10-15(14(20)12-13)27-19(21)22/h3-4,6-7,9-10,12,19H,2,5,8,11H2,1H3,(H,23,24). The number of nitrogens with one attached hydrogen (secondary N) is 1. The summed E-state index contributed by atoms with van der Waals surface area (Å²) in [5.41, 5.74) is 0.397. The van der Waals surface area contributed by atoms with Crippen molar-refractivity contribution >= 4 is 23.2 Å². The highest BCUT2D eigenvalue weighted by Crippen LogP contribution is 2.29. The van der Waals surface area contributed by atoms with Crippen molar-refractivity contribution in [1.82, 2.24) is 0 Å². The van der Waals surface area contributed by atoms with Crippen LogP contribution >= 0.6 is 11.6 Å². The summed E-state index contributed by atoms with van der Waals surface area (Å²) in [7, 11) is 0. The van der Waals surface area contributed by atoms with E-state index in [-0.39, 0.29) is 23.1 Å². The van der Waals surface area contributed by atoms with Gasteiger partial charge in [-0.05, 0) is 43.7 Å². The van der Waals surface area contributed by atoms with Crippen LogP contribution in [0.15, 0.2) is 42.5 Å². The van der Waals surface area contributed by atoms with Gasteiger partial charge in [-0.1, -0.05) is 23.7 Å². The van der Waals surface area contributed by atoms with Crippen molar-refractivity contribution in [2.75, 3.05) is 18.5 Å². The van der Waals surface area contributed by atoms with E-state index in [0.717, 1.165) is 0 Å². The van der Waals surface area contributed by atoms with Crippen molar-refractivity contribution in [2.45, 2.75) is 26.4 Å². The Hall–Kier alpha value is -2.54. The fraction of sp³-hybridized carbons (Fsp3) is 0.316. The maximum atomic E-state index is 12.2. The van der Waals surface area contributed by atoms with Gasteiger partial charge < -0.3 is 19.5 Å². The molecule has 0 spiro atoms. The first-order valence-electron chi connectivity index (χ1n) is 8.38. The van der Waals surface area contributed by atoms with Crippen molar-refractivity contribution < 1.29 is 27.8 Å². The van der Waals surface area contributed by atoms with Crippen LogP contribution in [-0.2, 0) is 4.79 Å². The zero-order chi connectivity index (χ0) is 19.6. The van der Waals surface area contributed by atoms with Crippen molar-refractivity contribution in [3.63, 3.8) is 0 Å². The predicted octanol–water partition coefficient (Wildman–Crippen LogP) is 5.14. The van der Waals surface area contributed by atoms with E-state index in [9.17, 15) is 13.6 Å². The highest BCUT2D eigenvalue weighted by Gasteiger charge is 2.10. The maximum absolute atomic E-state index is 12.2. The molecule has 1 amide bonds. The third kappa shape index (κ3) is 6.94. The quantitative estimate of drug-likeness (QED) is 0.562. The topological polar surface area (TPSA) is 56.8 Å². The van der Waals surface area contributed by atoms with Gasteiger partial charge in [0.05, 0.1) is 18.2 Å². The third-order valence-corrected chi connectivity index (χ3v) is 3.68. The lowest BCUT2D eigenvalue weighted by Crippen LogP contribution is -2.13. The average Bonchev–Trinajstić information content (AvgIpc) is 2.62. The smallest absolute Gasteiger partial charge is 0.387 e. The molecule has 8 heteroatoms. The Kier molecular flexibility index (Phi) is 8.13. The minimum absolute atomic E-state index is 0.0102. The van der Waals surface area contributed by atoms with Gasteiger partial charge in [-0.3, -0.25) is 4.79 Å². The number of benzene rings is 2. The van der Waals surface area contributed by atoms with E-state index < -0.39 is 6.61 Å². The summed E-state index contributed by atoms with van der Waals surface area (Å²) in [6, 6.07) is 11.4. The fourth-order valence-corrected chi connectivity index (χ4v) is 2.48. The number of hydrogen-bond donors (Lipinski definition) is 1. The SMILES string of the molecule is CCOc1ccccc1OCCCC(=O)Nc1ccc(OC(F)F)c(Cl)c1. The van der Waals surface area contributed by atoms with E-state index in [1.165, 1.54) is 18.2 Å². The number of rotatable bonds is 10. The molecule has 0 bridgehead atoms. The summed E-state index contributed by atoms with van der Waals surface area (Å²) in [4.78, 5) is 12.0. The van der Waals surface area contributed by atoms with Crippen LogP contribution in [0.25, 0.3) is 0 Å². The molecule has 0 aromatic heterocycles. The highest BCUT2D eigenvalue weighted by atomic mass is 35.5. The van der Waals surface area contributed by atoms with Crippen molar-refractivity contribution in [1.29, 1.82) is 0 Å². The summed E-state index contributed by atoms with van der Waals surface area (Å²) in [6.07, 6.45) is 0.719. The summed E-state index contributed by atoms with van der Waals surface area (Å²) in [6.45, 7) is -0.193. The molecule has 0 saturated heterocycles. The molecule has 0 unspecified atom stereocenters. The van der Waals surface area contributed by atoms with Gasteiger partial charge in [-0.2, -0.15) is 8.78 Å². The second-order valence-electron chi connectivity index (χ2n) is 5.40. The summed E-state index contributed by atoms with van der Waals surface area (Å²) < 4.78 is 39.8. The monoisotopic (exact) mass is 399 g/mol. The van der Waals surface area contributed by atoms with Gasteiger partial charge in [0.25, 0.3) is 0 Å². The Labute approximate surface area is 161 Å². The molecule has 2 rings (SSSR count). The van der Waals surface area contributed by atoms with Crippen molar-refractivity contribution in [3.8, 4) is 17.2 Å². The number of carbonyl (C=O) groups is 1. The van der Waals surface area contributed by atoms with Gasteiger partial charge in [0.15, 0.2) is 11.5 Å². The number of carbonyl (C=O) groups excluding carboxylic acids is 1. The van der Waals surface area contributed by atoms with E-state index in [2.05, 4.69) is 10.1 Å². The van der Waals surface area contributed by atoms with Gasteiger partial charge in [0.2, 0.25) is 5.91 Å². The van der Waals surface area contributed by atoms with E-state index >= 15 is 0 Å². The average molecular weight is 400 g/mol. The first-order chi connectivity index (χ1) is 13.0. The van der Waals surface area contributed by atoms with Crippen LogP contribution in [0.2, 0.25) is 5.02 Å². The normalized spacial score (nSPS) is 10.6. The third-order valence-electron chi connectivity index (χ3n) is 3.39. The molecule has 0 fully saturated rings. The number of alkyl halides is 2. The van der Waals surface area contributed by atoms with Crippen LogP contribution in [0.5, 0.6) is 17.2 Å². The molecule has 0 aliphatic heterocycles. The molecule has 2 aromatic rings. The van der Waals surface area contributed by atoms with Crippen molar-refractivity contribution in [2.24, 2.45) is 0 Å². The molecule has 2 aromatic carbocycles. The first kappa shape index (κ1) is 20.8. The van der Waals surface area contributed by atoms with E-state index in [1.807, 2.05) is 25.1 Å². The molecule has 146 valence electrons. The zero-order valence-corrected chi connectivity index (χ0v) is 15.5. The molecule has 0 saturated carbocycles. The van der Waals surface area contributed by atoms with Crippen LogP contribution < -0.4 is 19.5 Å². The Morgan fingerprint density at radius 3 is 2.44 bits per heavy atom. The largest absolute Gasteiger partial charge is 0.490 e. The van der Waals surface area contributed by atoms with Crippen LogP contribution in [0.1, 0.15) is 19.8 Å². The number of hydrogen-bond acceptors (Lipinski definition) is 4. The van der Waals surface area contributed by atoms with E-state index in [4.69, 9.17) is 21.1 Å². The Balaban J connectivity index is 1.77. The molecule has 0 heterocycles. The Bertz CT molecular complexity index is 758. The molecule has 27 heavy (non-hydrogen) atoms. The Morgan fingerprint density at radius 1 is 1.11 bits per heavy atom. The lowest BCUT2D eigenvalue weighted by Gasteiger charge is -2.12. The van der Waals surface area contributed by atoms with Crippen LogP contribution in [-0.4, -0.2) is 25.7 Å². The molecular weight excluding hydrogens is 380 g/mol. The number of amides is 1. The van der Waals surface area contributed by atoms with Gasteiger partial charge >= 0.3 is 6.61 Å². The van der Waals surface area contributed by atoms with Gasteiger partial charge in [0, 0.05) is 12.1 Å². The van der Waals surface area contributed by atoms with Crippen LogP contribution in [0, 0.1) is 0 Å². The number of halogens is 3. The molecule has 5 nitrogen and oxygen atoms in total. The molecule has 0 aliphatic carbocycles. The highest BCUT2D eigenvalue weighted by molar-refractivity contribution is 6.32. The number of para-hydroxylation sites is 2. The molecule has 0 atom stereocenters. The molecule has 1 N–H and O–H groups in total. The van der Waals surface area contributed by atoms with Gasteiger partial charge in [-0.15, -0.1) is 0 Å². The van der Waals surface area contributed by atoms with Gasteiger partial charge in [-0.25, -0.2) is 0 Å². The summed E-state index contributed by atoms with van der Waals surface area (Å²) in [5.74, 6) is 0.896. The minimum Gasteiger partial charge on any atom is -0.490 e. The number of anilines is 1. The molecular formula is C19H20ClF2NO4. The van der Waals surface area contributed by atoms with Crippen LogP contribution in [0.3, 0.4) is 0 Å². The zero-order valence-electron chi connectivity index (χ0n) is 14.7. The summed E-state index contributed by atoms with van der Waals surface area (Å²) >= 11 is 5.85. The minimum atomic E-state index is -2.96. The second kappa shape index (κ2) is 10.6. The lowest BCUT2D eigenvalue weighted by molar-refractivity contribution is -0.116. The second-order valence-corrected chi connectivity index (χ2v) is 5.81. The molecule has 0 radical (unpaired) electrons. The number of ether oxygens (including phenoxy) is 3. The fourth-order valence-electron chi connectivity index (χ4n) is 2.25.